The zero-order chi connectivity index (χ0) is 12.1. The summed E-state index contributed by atoms with van der Waals surface area (Å²) in [5.41, 5.74) is 1.34. The van der Waals surface area contributed by atoms with Crippen molar-refractivity contribution in [3.05, 3.63) is 29.8 Å². The highest BCUT2D eigenvalue weighted by atomic mass is 16.5. The van der Waals surface area contributed by atoms with Crippen molar-refractivity contribution >= 4 is 0 Å². The van der Waals surface area contributed by atoms with Crippen molar-refractivity contribution in [2.45, 2.75) is 25.8 Å². The summed E-state index contributed by atoms with van der Waals surface area (Å²) in [6.45, 7) is 7.52. The maximum atomic E-state index is 5.74. The Balaban J connectivity index is 1.82. The Labute approximate surface area is 103 Å². The van der Waals surface area contributed by atoms with E-state index in [9.17, 15) is 0 Å². The first-order valence-electron chi connectivity index (χ1n) is 6.29. The van der Waals surface area contributed by atoms with Crippen molar-refractivity contribution in [1.29, 1.82) is 0 Å². The minimum Gasteiger partial charge on any atom is -0.492 e. The van der Waals surface area contributed by atoms with Gasteiger partial charge in [-0.1, -0.05) is 26.0 Å². The summed E-state index contributed by atoms with van der Waals surface area (Å²) in [5.74, 6) is 1.50. The third kappa shape index (κ3) is 3.72. The second-order valence-electron chi connectivity index (χ2n) is 4.76. The molecule has 3 heteroatoms. The van der Waals surface area contributed by atoms with Crippen molar-refractivity contribution in [1.82, 2.24) is 5.32 Å². The van der Waals surface area contributed by atoms with Gasteiger partial charge in [-0.2, -0.15) is 0 Å². The van der Waals surface area contributed by atoms with Crippen molar-refractivity contribution in [3.63, 3.8) is 0 Å². The van der Waals surface area contributed by atoms with Gasteiger partial charge in [0.25, 0.3) is 0 Å². The highest BCUT2D eigenvalue weighted by Crippen LogP contribution is 2.18. The smallest absolute Gasteiger partial charge is 0.119 e. The molecule has 0 bridgehead atoms. The van der Waals surface area contributed by atoms with Crippen LogP contribution in [0.2, 0.25) is 0 Å². The zero-order valence-corrected chi connectivity index (χ0v) is 10.6. The second-order valence-corrected chi connectivity index (χ2v) is 4.76. The lowest BCUT2D eigenvalue weighted by atomic mass is 10.0. The first-order chi connectivity index (χ1) is 8.25. The summed E-state index contributed by atoms with van der Waals surface area (Å²) in [5, 5.41) is 3.37. The van der Waals surface area contributed by atoms with Gasteiger partial charge in [0.1, 0.15) is 12.4 Å². The number of nitrogens with one attached hydrogen (secondary N) is 1. The van der Waals surface area contributed by atoms with Crippen LogP contribution in [0, 0.1) is 0 Å². The second kappa shape index (κ2) is 6.03. The Morgan fingerprint density at radius 3 is 2.71 bits per heavy atom. The molecule has 1 aromatic rings. The van der Waals surface area contributed by atoms with E-state index in [1.165, 1.54) is 5.56 Å². The Morgan fingerprint density at radius 2 is 2.12 bits per heavy atom. The molecule has 1 aromatic carbocycles. The van der Waals surface area contributed by atoms with Crippen molar-refractivity contribution < 1.29 is 9.47 Å². The number of ether oxygens (including phenoxy) is 2. The quantitative estimate of drug-likeness (QED) is 0.867. The van der Waals surface area contributed by atoms with Crippen LogP contribution >= 0.6 is 0 Å². The number of morpholine rings is 1. The van der Waals surface area contributed by atoms with Crippen LogP contribution in [0.15, 0.2) is 24.3 Å². The molecule has 0 aliphatic carbocycles. The first-order valence-corrected chi connectivity index (χ1v) is 6.29. The van der Waals surface area contributed by atoms with Gasteiger partial charge in [-0.3, -0.25) is 0 Å². The molecule has 1 saturated heterocycles. The van der Waals surface area contributed by atoms with Gasteiger partial charge in [-0.25, -0.2) is 0 Å². The topological polar surface area (TPSA) is 30.5 Å². The zero-order valence-electron chi connectivity index (χ0n) is 10.6. The molecule has 1 atom stereocenters. The summed E-state index contributed by atoms with van der Waals surface area (Å²) < 4.78 is 11.1. The predicted octanol–water partition coefficient (Wildman–Crippen LogP) is 2.18. The molecule has 1 fully saturated rings. The Bertz CT molecular complexity index is 329. The molecule has 94 valence electrons. The lowest BCUT2D eigenvalue weighted by Crippen LogP contribution is -2.44. The average Bonchev–Trinajstić information content (AvgIpc) is 2.38. The number of hydrogen-bond acceptors (Lipinski definition) is 3. The molecule has 0 amide bonds. The molecule has 2 rings (SSSR count). The third-order valence-corrected chi connectivity index (χ3v) is 3.00. The standard InChI is InChI=1S/C14H21NO2/c1-11(2)12-3-5-14(6-4-12)17-10-13-9-16-8-7-15-13/h3-6,11,13,15H,7-10H2,1-2H3. The molecule has 3 nitrogen and oxygen atoms in total. The van der Waals surface area contributed by atoms with E-state index >= 15 is 0 Å². The van der Waals surface area contributed by atoms with E-state index in [0.29, 0.717) is 18.6 Å². The number of hydrogen-bond donors (Lipinski definition) is 1. The molecular weight excluding hydrogens is 214 g/mol. The fourth-order valence-electron chi connectivity index (χ4n) is 1.87. The van der Waals surface area contributed by atoms with Gasteiger partial charge in [-0.05, 0) is 23.6 Å². The molecule has 0 aromatic heterocycles. The van der Waals surface area contributed by atoms with Gasteiger partial charge in [0.2, 0.25) is 0 Å². The molecule has 1 aliphatic heterocycles. The van der Waals surface area contributed by atoms with E-state index < -0.39 is 0 Å². The van der Waals surface area contributed by atoms with Crippen molar-refractivity contribution in [3.8, 4) is 5.75 Å². The number of rotatable bonds is 4. The summed E-state index contributed by atoms with van der Waals surface area (Å²) in [4.78, 5) is 0. The molecule has 1 aliphatic rings. The normalized spacial score (nSPS) is 20.5. The molecule has 1 heterocycles. The lowest BCUT2D eigenvalue weighted by molar-refractivity contribution is 0.0592. The van der Waals surface area contributed by atoms with Crippen LogP contribution < -0.4 is 10.1 Å². The van der Waals surface area contributed by atoms with E-state index in [2.05, 4.69) is 31.3 Å². The van der Waals surface area contributed by atoms with Gasteiger partial charge in [0.05, 0.1) is 19.3 Å². The van der Waals surface area contributed by atoms with Gasteiger partial charge in [-0.15, -0.1) is 0 Å². The van der Waals surface area contributed by atoms with Crippen molar-refractivity contribution in [2.75, 3.05) is 26.4 Å². The molecule has 0 spiro atoms. The summed E-state index contributed by atoms with van der Waals surface area (Å²) in [7, 11) is 0. The Hall–Kier alpha value is -1.06. The number of benzene rings is 1. The summed E-state index contributed by atoms with van der Waals surface area (Å²) in [6, 6.07) is 8.65. The van der Waals surface area contributed by atoms with Crippen LogP contribution in [0.5, 0.6) is 5.75 Å². The van der Waals surface area contributed by atoms with Gasteiger partial charge >= 0.3 is 0 Å². The highest BCUT2D eigenvalue weighted by Gasteiger charge is 2.13. The molecule has 1 N–H and O–H groups in total. The predicted molar refractivity (Wildman–Crippen MR) is 68.6 cm³/mol. The minimum absolute atomic E-state index is 0.313. The largest absolute Gasteiger partial charge is 0.492 e. The van der Waals surface area contributed by atoms with E-state index in [0.717, 1.165) is 25.5 Å². The molecular formula is C14H21NO2. The monoisotopic (exact) mass is 235 g/mol. The van der Waals surface area contributed by atoms with Crippen LogP contribution in [0.3, 0.4) is 0 Å². The van der Waals surface area contributed by atoms with Crippen LogP contribution in [0.1, 0.15) is 25.3 Å². The fourth-order valence-corrected chi connectivity index (χ4v) is 1.87. The van der Waals surface area contributed by atoms with Crippen LogP contribution in [-0.2, 0) is 4.74 Å². The first kappa shape index (κ1) is 12.4. The molecule has 0 saturated carbocycles. The van der Waals surface area contributed by atoms with Crippen LogP contribution in [0.4, 0.5) is 0 Å². The van der Waals surface area contributed by atoms with Crippen LogP contribution in [-0.4, -0.2) is 32.4 Å². The van der Waals surface area contributed by atoms with E-state index in [-0.39, 0.29) is 0 Å². The fraction of sp³-hybridized carbons (Fsp3) is 0.571. The highest BCUT2D eigenvalue weighted by molar-refractivity contribution is 5.28. The minimum atomic E-state index is 0.313. The average molecular weight is 235 g/mol. The van der Waals surface area contributed by atoms with Gasteiger partial charge in [0, 0.05) is 6.54 Å². The molecule has 0 radical (unpaired) electrons. The maximum Gasteiger partial charge on any atom is 0.119 e. The van der Waals surface area contributed by atoms with E-state index in [4.69, 9.17) is 9.47 Å². The Kier molecular flexibility index (Phi) is 4.40. The summed E-state index contributed by atoms with van der Waals surface area (Å²) >= 11 is 0. The van der Waals surface area contributed by atoms with E-state index in [1.807, 2.05) is 12.1 Å². The van der Waals surface area contributed by atoms with Gasteiger partial charge in [0.15, 0.2) is 0 Å². The van der Waals surface area contributed by atoms with Crippen molar-refractivity contribution in [2.24, 2.45) is 0 Å². The third-order valence-electron chi connectivity index (χ3n) is 3.00. The van der Waals surface area contributed by atoms with Crippen LogP contribution in [0.25, 0.3) is 0 Å². The van der Waals surface area contributed by atoms with Gasteiger partial charge < -0.3 is 14.8 Å². The lowest BCUT2D eigenvalue weighted by Gasteiger charge is -2.23. The Morgan fingerprint density at radius 1 is 1.35 bits per heavy atom. The maximum absolute atomic E-state index is 5.74. The molecule has 17 heavy (non-hydrogen) atoms. The van der Waals surface area contributed by atoms with E-state index in [1.54, 1.807) is 0 Å². The summed E-state index contributed by atoms with van der Waals surface area (Å²) in [6.07, 6.45) is 0. The molecule has 1 unspecified atom stereocenters. The SMILES string of the molecule is CC(C)c1ccc(OCC2COCCN2)cc1.